The van der Waals surface area contributed by atoms with Crippen molar-refractivity contribution < 1.29 is 22.7 Å². The molecule has 1 aromatic rings. The van der Waals surface area contributed by atoms with Crippen molar-refractivity contribution >= 4 is 17.5 Å². The number of hydrogen-bond donors (Lipinski definition) is 1. The van der Waals surface area contributed by atoms with Gasteiger partial charge in [-0.3, -0.25) is 9.48 Å². The molecular formula is C13H17ClF3N3O2. The highest BCUT2D eigenvalue weighted by molar-refractivity contribution is 6.32. The Balaban J connectivity index is 2.02. The first-order valence-electron chi connectivity index (χ1n) is 6.91. The maximum absolute atomic E-state index is 12.7. The lowest BCUT2D eigenvalue weighted by molar-refractivity contribution is -0.141. The first-order chi connectivity index (χ1) is 10.2. The molecule has 1 aliphatic heterocycles. The smallest absolute Gasteiger partial charge is 0.376 e. The fraction of sp³-hybridized carbons (Fsp3) is 0.692. The van der Waals surface area contributed by atoms with Crippen molar-refractivity contribution in [2.24, 2.45) is 0 Å². The van der Waals surface area contributed by atoms with Crippen LogP contribution in [0.15, 0.2) is 0 Å². The summed E-state index contributed by atoms with van der Waals surface area (Å²) in [4.78, 5) is 12.0. The van der Waals surface area contributed by atoms with Gasteiger partial charge in [0, 0.05) is 6.61 Å². The van der Waals surface area contributed by atoms with E-state index in [1.165, 1.54) is 6.92 Å². The molecule has 0 aliphatic carbocycles. The van der Waals surface area contributed by atoms with Crippen LogP contribution in [0.1, 0.15) is 31.2 Å². The summed E-state index contributed by atoms with van der Waals surface area (Å²) in [5.41, 5.74) is -1.07. The van der Waals surface area contributed by atoms with Crippen LogP contribution in [0.4, 0.5) is 13.2 Å². The van der Waals surface area contributed by atoms with Gasteiger partial charge in [-0.1, -0.05) is 11.6 Å². The number of alkyl halides is 3. The monoisotopic (exact) mass is 339 g/mol. The molecule has 2 rings (SSSR count). The minimum atomic E-state index is -4.64. The third-order valence-electron chi connectivity index (χ3n) is 3.61. The summed E-state index contributed by atoms with van der Waals surface area (Å²) in [7, 11) is 0. The van der Waals surface area contributed by atoms with Crippen LogP contribution in [0.2, 0.25) is 5.02 Å². The van der Waals surface area contributed by atoms with Gasteiger partial charge in [-0.15, -0.1) is 0 Å². The second-order valence-corrected chi connectivity index (χ2v) is 5.69. The lowest BCUT2D eigenvalue weighted by Gasteiger charge is -2.20. The number of ether oxygens (including phenoxy) is 1. The average Bonchev–Trinajstić information content (AvgIpc) is 3.02. The van der Waals surface area contributed by atoms with E-state index < -0.39 is 22.8 Å². The molecule has 22 heavy (non-hydrogen) atoms. The highest BCUT2D eigenvalue weighted by Crippen LogP contribution is 2.35. The standard InChI is InChI=1S/C13H17ClF3N3O2/c1-7(9-4-3-5-22-9)18-10(21)6-20-8(2)11(14)12(19-20)13(15,16)17/h7,9H,3-6H2,1-2H3,(H,18,21). The summed E-state index contributed by atoms with van der Waals surface area (Å²) >= 11 is 5.64. The summed E-state index contributed by atoms with van der Waals surface area (Å²) < 4.78 is 44.6. The van der Waals surface area contributed by atoms with Crippen LogP contribution in [0.3, 0.4) is 0 Å². The Morgan fingerprint density at radius 1 is 1.59 bits per heavy atom. The number of rotatable bonds is 4. The Morgan fingerprint density at radius 3 is 2.77 bits per heavy atom. The fourth-order valence-corrected chi connectivity index (χ4v) is 2.63. The molecule has 1 amide bonds. The van der Waals surface area contributed by atoms with Crippen LogP contribution in [0.5, 0.6) is 0 Å². The van der Waals surface area contributed by atoms with Crippen LogP contribution in [-0.2, 0) is 22.3 Å². The third kappa shape index (κ3) is 3.73. The van der Waals surface area contributed by atoms with Crippen LogP contribution >= 0.6 is 11.6 Å². The highest BCUT2D eigenvalue weighted by atomic mass is 35.5. The molecule has 0 saturated carbocycles. The highest BCUT2D eigenvalue weighted by Gasteiger charge is 2.38. The molecular weight excluding hydrogens is 323 g/mol. The summed E-state index contributed by atoms with van der Waals surface area (Å²) in [5, 5.41) is 5.63. The summed E-state index contributed by atoms with van der Waals surface area (Å²) in [6.07, 6.45) is -2.91. The molecule has 0 radical (unpaired) electrons. The van der Waals surface area contributed by atoms with Gasteiger partial charge in [0.05, 0.1) is 22.9 Å². The number of aromatic nitrogens is 2. The quantitative estimate of drug-likeness (QED) is 0.917. The Labute approximate surface area is 130 Å². The molecule has 1 aromatic heterocycles. The first-order valence-corrected chi connectivity index (χ1v) is 7.29. The number of nitrogens with one attached hydrogen (secondary N) is 1. The van der Waals surface area contributed by atoms with Crippen molar-refractivity contribution in [3.05, 3.63) is 16.4 Å². The Morgan fingerprint density at radius 2 is 2.27 bits per heavy atom. The molecule has 0 bridgehead atoms. The van der Waals surface area contributed by atoms with Crippen molar-refractivity contribution in [3.63, 3.8) is 0 Å². The topological polar surface area (TPSA) is 56.2 Å². The number of nitrogens with zero attached hydrogens (tertiary/aromatic N) is 2. The summed E-state index contributed by atoms with van der Waals surface area (Å²) in [6.45, 7) is 3.53. The number of carbonyl (C=O) groups excluding carboxylic acids is 1. The van der Waals surface area contributed by atoms with Gasteiger partial charge in [0.25, 0.3) is 0 Å². The van der Waals surface area contributed by atoms with E-state index in [1.807, 2.05) is 0 Å². The maximum Gasteiger partial charge on any atom is 0.436 e. The first kappa shape index (κ1) is 17.1. The molecule has 9 heteroatoms. The van der Waals surface area contributed by atoms with E-state index in [4.69, 9.17) is 16.3 Å². The van der Waals surface area contributed by atoms with E-state index in [1.54, 1.807) is 6.92 Å². The molecule has 1 fully saturated rings. The van der Waals surface area contributed by atoms with Crippen LogP contribution in [-0.4, -0.2) is 34.4 Å². The Hall–Kier alpha value is -1.28. The number of hydrogen-bond acceptors (Lipinski definition) is 3. The molecule has 2 unspecified atom stereocenters. The number of carbonyl (C=O) groups is 1. The van der Waals surface area contributed by atoms with Crippen LogP contribution in [0.25, 0.3) is 0 Å². The zero-order valence-electron chi connectivity index (χ0n) is 12.2. The minimum absolute atomic E-state index is 0.0583. The molecule has 0 spiro atoms. The lowest BCUT2D eigenvalue weighted by atomic mass is 10.1. The number of amides is 1. The van der Waals surface area contributed by atoms with Gasteiger partial charge < -0.3 is 10.1 Å². The SMILES string of the molecule is Cc1c(Cl)c(C(F)(F)F)nn1CC(=O)NC(C)C1CCCO1. The second kappa shape index (κ2) is 6.45. The van der Waals surface area contributed by atoms with Crippen molar-refractivity contribution in [2.45, 2.75) is 51.6 Å². The molecule has 5 nitrogen and oxygen atoms in total. The Kier molecular flexibility index (Phi) is 5.01. The van der Waals surface area contributed by atoms with Crippen LogP contribution < -0.4 is 5.32 Å². The zero-order valence-corrected chi connectivity index (χ0v) is 13.0. The molecule has 124 valence electrons. The molecule has 1 saturated heterocycles. The minimum Gasteiger partial charge on any atom is -0.376 e. The van der Waals surface area contributed by atoms with E-state index in [9.17, 15) is 18.0 Å². The van der Waals surface area contributed by atoms with Crippen molar-refractivity contribution in [2.75, 3.05) is 6.61 Å². The molecule has 2 atom stereocenters. The van der Waals surface area contributed by atoms with Crippen LogP contribution in [0, 0.1) is 6.92 Å². The van der Waals surface area contributed by atoms with Gasteiger partial charge in [-0.2, -0.15) is 18.3 Å². The molecule has 2 heterocycles. The van der Waals surface area contributed by atoms with E-state index in [0.717, 1.165) is 17.5 Å². The maximum atomic E-state index is 12.7. The van der Waals surface area contributed by atoms with Crippen molar-refractivity contribution in [3.8, 4) is 0 Å². The largest absolute Gasteiger partial charge is 0.436 e. The van der Waals surface area contributed by atoms with Gasteiger partial charge in [-0.05, 0) is 26.7 Å². The second-order valence-electron chi connectivity index (χ2n) is 5.31. The van der Waals surface area contributed by atoms with Gasteiger partial charge in [0.15, 0.2) is 5.69 Å². The van der Waals surface area contributed by atoms with Gasteiger partial charge in [0.1, 0.15) is 6.54 Å². The Bertz CT molecular complexity index is 553. The molecule has 0 aromatic carbocycles. The van der Waals surface area contributed by atoms with Crippen molar-refractivity contribution in [1.82, 2.24) is 15.1 Å². The molecule has 1 aliphatic rings. The van der Waals surface area contributed by atoms with Gasteiger partial charge in [-0.25, -0.2) is 0 Å². The predicted octanol–water partition coefficient (Wildman–Crippen LogP) is 2.55. The summed E-state index contributed by atoms with van der Waals surface area (Å²) in [6, 6.07) is -0.205. The normalized spacial score (nSPS) is 20.2. The zero-order chi connectivity index (χ0) is 16.5. The molecule has 1 N–H and O–H groups in total. The third-order valence-corrected chi connectivity index (χ3v) is 4.06. The van der Waals surface area contributed by atoms with Crippen molar-refractivity contribution in [1.29, 1.82) is 0 Å². The average molecular weight is 340 g/mol. The predicted molar refractivity (Wildman–Crippen MR) is 73.6 cm³/mol. The van der Waals surface area contributed by atoms with Gasteiger partial charge >= 0.3 is 6.18 Å². The van der Waals surface area contributed by atoms with E-state index >= 15 is 0 Å². The summed E-state index contributed by atoms with van der Waals surface area (Å²) in [5.74, 6) is -0.431. The fourth-order valence-electron chi connectivity index (χ4n) is 2.38. The van der Waals surface area contributed by atoms with E-state index in [-0.39, 0.29) is 24.4 Å². The van der Waals surface area contributed by atoms with Gasteiger partial charge in [0.2, 0.25) is 5.91 Å². The van der Waals surface area contributed by atoms with E-state index in [2.05, 4.69) is 10.4 Å². The lowest BCUT2D eigenvalue weighted by Crippen LogP contribution is -2.42. The number of halogens is 4. The van der Waals surface area contributed by atoms with E-state index in [0.29, 0.717) is 6.61 Å².